The summed E-state index contributed by atoms with van der Waals surface area (Å²) in [5, 5.41) is 0.0390. The van der Waals surface area contributed by atoms with Crippen molar-refractivity contribution in [2.24, 2.45) is 0 Å². The number of rotatable bonds is 3. The number of carbonyl (C=O) groups is 2. The molecule has 1 aromatic carbocycles. The van der Waals surface area contributed by atoms with E-state index < -0.39 is 17.8 Å². The summed E-state index contributed by atoms with van der Waals surface area (Å²) >= 11 is 11.8. The van der Waals surface area contributed by atoms with Crippen molar-refractivity contribution >= 4 is 40.8 Å². The monoisotopic (exact) mass is 363 g/mol. The Morgan fingerprint density at radius 1 is 1.22 bits per heavy atom. The van der Waals surface area contributed by atoms with Crippen LogP contribution in [0.3, 0.4) is 0 Å². The van der Waals surface area contributed by atoms with Crippen molar-refractivity contribution in [3.8, 4) is 0 Å². The number of halogens is 3. The maximum Gasteiger partial charge on any atom is 0.355 e. The molecule has 1 aliphatic rings. The molecule has 9 heteroatoms. The van der Waals surface area contributed by atoms with E-state index >= 15 is 0 Å². The quantitative estimate of drug-likeness (QED) is 0.768. The summed E-state index contributed by atoms with van der Waals surface area (Å²) in [6, 6.07) is 2.34. The van der Waals surface area contributed by atoms with Gasteiger partial charge in [-0.15, -0.1) is 0 Å². The third-order valence-corrected chi connectivity index (χ3v) is 3.59. The highest BCUT2D eigenvalue weighted by molar-refractivity contribution is 6.36. The lowest BCUT2D eigenvalue weighted by Gasteiger charge is -2.32. The number of nitrogens with zero attached hydrogens (tertiary/aromatic N) is 1. The third-order valence-electron chi connectivity index (χ3n) is 3.08. The van der Waals surface area contributed by atoms with Crippen molar-refractivity contribution in [3.63, 3.8) is 0 Å². The van der Waals surface area contributed by atoms with Gasteiger partial charge < -0.3 is 19.1 Å². The lowest BCUT2D eigenvalue weighted by atomic mass is 10.1. The van der Waals surface area contributed by atoms with Crippen LogP contribution in [-0.4, -0.2) is 39.5 Å². The number of benzene rings is 1. The maximum absolute atomic E-state index is 14.3. The molecule has 0 aliphatic carbocycles. The van der Waals surface area contributed by atoms with Gasteiger partial charge in [0.05, 0.1) is 37.1 Å². The van der Waals surface area contributed by atoms with Gasteiger partial charge in [-0.1, -0.05) is 23.2 Å². The van der Waals surface area contributed by atoms with Gasteiger partial charge in [-0.2, -0.15) is 0 Å². The Kier molecular flexibility index (Phi) is 5.46. The summed E-state index contributed by atoms with van der Waals surface area (Å²) in [5.41, 5.74) is -0.456. The molecule has 0 N–H and O–H groups in total. The molecule has 23 heavy (non-hydrogen) atoms. The Morgan fingerprint density at radius 2 is 1.87 bits per heavy atom. The van der Waals surface area contributed by atoms with Crippen molar-refractivity contribution in [2.75, 3.05) is 32.5 Å². The standard InChI is InChI=1S/C14H12Cl2FNO5/c1-21-13(19)8-5-23-6-18(11(8)14(20)22-2)12-9(16)3-7(15)4-10(12)17/h3-4H,5-6H2,1-2H3. The molecule has 0 aromatic heterocycles. The van der Waals surface area contributed by atoms with Crippen LogP contribution in [0.5, 0.6) is 0 Å². The number of hydrogen-bond donors (Lipinski definition) is 0. The molecule has 0 amide bonds. The average molecular weight is 364 g/mol. The Labute approximate surface area is 141 Å². The van der Waals surface area contributed by atoms with Crippen molar-refractivity contribution in [1.29, 1.82) is 0 Å². The molecular weight excluding hydrogens is 352 g/mol. The van der Waals surface area contributed by atoms with Crippen LogP contribution in [0.2, 0.25) is 10.0 Å². The van der Waals surface area contributed by atoms with Gasteiger partial charge in [0, 0.05) is 5.02 Å². The van der Waals surface area contributed by atoms with Crippen LogP contribution in [0, 0.1) is 5.82 Å². The topological polar surface area (TPSA) is 65.1 Å². The number of esters is 2. The predicted octanol–water partition coefficient (Wildman–Crippen LogP) is 2.53. The van der Waals surface area contributed by atoms with E-state index in [4.69, 9.17) is 27.9 Å². The Balaban J connectivity index is 2.65. The number of anilines is 1. The molecule has 0 bridgehead atoms. The second kappa shape index (κ2) is 7.16. The minimum absolute atomic E-state index is 0.0499. The number of methoxy groups -OCH3 is 2. The molecule has 0 unspecified atom stereocenters. The van der Waals surface area contributed by atoms with Gasteiger partial charge in [0.1, 0.15) is 18.2 Å². The Morgan fingerprint density at radius 3 is 2.43 bits per heavy atom. The van der Waals surface area contributed by atoms with Crippen LogP contribution in [0.25, 0.3) is 0 Å². The van der Waals surface area contributed by atoms with E-state index in [1.807, 2.05) is 0 Å². The first kappa shape index (κ1) is 17.5. The van der Waals surface area contributed by atoms with E-state index in [-0.39, 0.29) is 40.3 Å². The van der Waals surface area contributed by atoms with Gasteiger partial charge >= 0.3 is 11.9 Å². The lowest BCUT2D eigenvalue weighted by molar-refractivity contribution is -0.140. The Bertz CT molecular complexity index is 669. The maximum atomic E-state index is 14.3. The molecule has 0 spiro atoms. The molecule has 124 valence electrons. The largest absolute Gasteiger partial charge is 0.466 e. The molecule has 0 saturated heterocycles. The second-order valence-corrected chi connectivity index (χ2v) is 5.28. The van der Waals surface area contributed by atoms with Crippen LogP contribution in [0.15, 0.2) is 23.4 Å². The fourth-order valence-electron chi connectivity index (χ4n) is 2.11. The fourth-order valence-corrected chi connectivity index (χ4v) is 2.68. The van der Waals surface area contributed by atoms with Gasteiger partial charge in [-0.25, -0.2) is 14.0 Å². The molecule has 1 aliphatic heterocycles. The number of carbonyl (C=O) groups excluding carboxylic acids is 2. The van der Waals surface area contributed by atoms with Crippen molar-refractivity contribution in [1.82, 2.24) is 0 Å². The summed E-state index contributed by atoms with van der Waals surface area (Å²) in [4.78, 5) is 25.1. The molecule has 0 fully saturated rings. The molecule has 1 heterocycles. The highest BCUT2D eigenvalue weighted by Crippen LogP contribution is 2.36. The minimum Gasteiger partial charge on any atom is -0.466 e. The summed E-state index contributed by atoms with van der Waals surface area (Å²) in [6.45, 7) is -0.385. The van der Waals surface area contributed by atoms with Gasteiger partial charge in [0.15, 0.2) is 0 Å². The average Bonchev–Trinajstić information content (AvgIpc) is 2.52. The Hall–Kier alpha value is -1.83. The SMILES string of the molecule is COC(=O)C1=C(C(=O)OC)N(c2c(F)cc(Cl)cc2Cl)COC1. The molecule has 2 rings (SSSR count). The summed E-state index contributed by atoms with van der Waals surface area (Å²) in [7, 11) is 2.29. The smallest absolute Gasteiger partial charge is 0.355 e. The van der Waals surface area contributed by atoms with Crippen LogP contribution in [-0.2, 0) is 23.8 Å². The van der Waals surface area contributed by atoms with E-state index in [9.17, 15) is 14.0 Å². The number of hydrogen-bond acceptors (Lipinski definition) is 6. The zero-order valence-corrected chi connectivity index (χ0v) is 13.7. The lowest BCUT2D eigenvalue weighted by Crippen LogP contribution is -2.39. The van der Waals surface area contributed by atoms with Crippen molar-refractivity contribution in [2.45, 2.75) is 0 Å². The van der Waals surface area contributed by atoms with Gasteiger partial charge in [-0.05, 0) is 12.1 Å². The van der Waals surface area contributed by atoms with Gasteiger partial charge in [0.2, 0.25) is 0 Å². The molecule has 1 aromatic rings. The first-order chi connectivity index (χ1) is 10.9. The fraction of sp³-hybridized carbons (Fsp3) is 0.286. The van der Waals surface area contributed by atoms with Crippen LogP contribution < -0.4 is 4.90 Å². The second-order valence-electron chi connectivity index (χ2n) is 4.43. The van der Waals surface area contributed by atoms with Crippen molar-refractivity contribution in [3.05, 3.63) is 39.3 Å². The van der Waals surface area contributed by atoms with Crippen molar-refractivity contribution < 1.29 is 28.2 Å². The van der Waals surface area contributed by atoms with E-state index in [0.717, 1.165) is 25.2 Å². The van der Waals surface area contributed by atoms with E-state index in [1.165, 1.54) is 6.07 Å². The summed E-state index contributed by atoms with van der Waals surface area (Å²) in [6.07, 6.45) is 0. The molecular formula is C14H12Cl2FNO5. The van der Waals surface area contributed by atoms with Gasteiger partial charge in [-0.3, -0.25) is 0 Å². The third kappa shape index (κ3) is 3.41. The highest BCUT2D eigenvalue weighted by atomic mass is 35.5. The van der Waals surface area contributed by atoms with E-state index in [2.05, 4.69) is 9.47 Å². The minimum atomic E-state index is -0.848. The van der Waals surface area contributed by atoms with E-state index in [1.54, 1.807) is 0 Å². The molecule has 6 nitrogen and oxygen atoms in total. The predicted molar refractivity (Wildman–Crippen MR) is 80.8 cm³/mol. The molecule has 0 saturated carbocycles. The molecule has 0 atom stereocenters. The number of ether oxygens (including phenoxy) is 3. The van der Waals surface area contributed by atoms with Crippen LogP contribution >= 0.6 is 23.2 Å². The summed E-state index contributed by atoms with van der Waals surface area (Å²) in [5.74, 6) is -2.42. The highest BCUT2D eigenvalue weighted by Gasteiger charge is 2.34. The first-order valence-corrected chi connectivity index (χ1v) is 7.05. The molecule has 0 radical (unpaired) electrons. The van der Waals surface area contributed by atoms with Crippen LogP contribution in [0.1, 0.15) is 0 Å². The summed E-state index contributed by atoms with van der Waals surface area (Å²) < 4.78 is 28.8. The zero-order valence-electron chi connectivity index (χ0n) is 12.2. The zero-order chi connectivity index (χ0) is 17.1. The van der Waals surface area contributed by atoms with Gasteiger partial charge in [0.25, 0.3) is 0 Å². The normalized spacial score (nSPS) is 14.7. The van der Waals surface area contributed by atoms with E-state index in [0.29, 0.717) is 0 Å². The first-order valence-electron chi connectivity index (χ1n) is 6.30. The van der Waals surface area contributed by atoms with Crippen LogP contribution in [0.4, 0.5) is 10.1 Å².